The standard InChI is InChI=1S/C15H11N5O2/c1-22-12-5-3-9(7-16-12)8-2-4-11-10(6-8)13-14(15(21)17-11)19-20-18-13/h2-7H,1H3,(H,17,21)(H,18,19,20). The van der Waals surface area contributed by atoms with Gasteiger partial charge in [-0.05, 0) is 23.8 Å². The van der Waals surface area contributed by atoms with E-state index in [0.29, 0.717) is 16.9 Å². The lowest BCUT2D eigenvalue weighted by Gasteiger charge is -2.05. The van der Waals surface area contributed by atoms with Crippen LogP contribution in [0.15, 0.2) is 41.3 Å². The van der Waals surface area contributed by atoms with Gasteiger partial charge in [0.15, 0.2) is 5.52 Å². The minimum Gasteiger partial charge on any atom is -0.481 e. The van der Waals surface area contributed by atoms with Gasteiger partial charge in [-0.25, -0.2) is 4.98 Å². The SMILES string of the molecule is COc1ccc(-c2ccc3[nH]c(=O)c4nn[nH]c4c3c2)cn1. The Labute approximate surface area is 124 Å². The molecule has 3 heterocycles. The van der Waals surface area contributed by atoms with E-state index < -0.39 is 0 Å². The first-order valence-corrected chi connectivity index (χ1v) is 6.63. The van der Waals surface area contributed by atoms with Gasteiger partial charge in [-0.2, -0.15) is 0 Å². The van der Waals surface area contributed by atoms with Gasteiger partial charge in [-0.1, -0.05) is 11.3 Å². The van der Waals surface area contributed by atoms with E-state index in [-0.39, 0.29) is 5.56 Å². The van der Waals surface area contributed by atoms with Crippen molar-refractivity contribution in [1.29, 1.82) is 0 Å². The predicted molar refractivity (Wildman–Crippen MR) is 81.8 cm³/mol. The first-order chi connectivity index (χ1) is 10.8. The highest BCUT2D eigenvalue weighted by molar-refractivity contribution is 6.02. The van der Waals surface area contributed by atoms with Crippen LogP contribution in [0.1, 0.15) is 0 Å². The molecule has 7 nitrogen and oxygen atoms in total. The van der Waals surface area contributed by atoms with Crippen molar-refractivity contribution in [2.45, 2.75) is 0 Å². The molecule has 0 fully saturated rings. The highest BCUT2D eigenvalue weighted by Gasteiger charge is 2.09. The summed E-state index contributed by atoms with van der Waals surface area (Å²) in [5, 5.41) is 11.2. The van der Waals surface area contributed by atoms with Gasteiger partial charge in [-0.15, -0.1) is 5.10 Å². The molecule has 0 saturated carbocycles. The van der Waals surface area contributed by atoms with Crippen molar-refractivity contribution in [1.82, 2.24) is 25.4 Å². The van der Waals surface area contributed by atoms with Gasteiger partial charge in [0.25, 0.3) is 5.56 Å². The molecule has 108 valence electrons. The summed E-state index contributed by atoms with van der Waals surface area (Å²) in [5.74, 6) is 0.564. The number of benzene rings is 1. The molecule has 7 heteroatoms. The normalized spacial score (nSPS) is 11.1. The van der Waals surface area contributed by atoms with E-state index in [4.69, 9.17) is 4.74 Å². The number of rotatable bonds is 2. The molecule has 4 aromatic rings. The van der Waals surface area contributed by atoms with Gasteiger partial charge in [0.05, 0.1) is 12.6 Å². The lowest BCUT2D eigenvalue weighted by Crippen LogP contribution is -2.06. The second-order valence-electron chi connectivity index (χ2n) is 4.84. The van der Waals surface area contributed by atoms with Crippen LogP contribution in [0.3, 0.4) is 0 Å². The summed E-state index contributed by atoms with van der Waals surface area (Å²) in [4.78, 5) is 18.9. The number of pyridine rings is 2. The highest BCUT2D eigenvalue weighted by atomic mass is 16.5. The lowest BCUT2D eigenvalue weighted by atomic mass is 10.0. The molecule has 0 saturated heterocycles. The number of ether oxygens (including phenoxy) is 1. The van der Waals surface area contributed by atoms with Crippen LogP contribution < -0.4 is 10.3 Å². The van der Waals surface area contributed by atoms with Crippen molar-refractivity contribution >= 4 is 21.9 Å². The van der Waals surface area contributed by atoms with E-state index in [1.54, 1.807) is 19.4 Å². The summed E-state index contributed by atoms with van der Waals surface area (Å²) in [6.45, 7) is 0. The molecule has 0 bridgehead atoms. The van der Waals surface area contributed by atoms with Crippen LogP contribution in [0.2, 0.25) is 0 Å². The third kappa shape index (κ3) is 1.83. The fourth-order valence-electron chi connectivity index (χ4n) is 2.47. The highest BCUT2D eigenvalue weighted by Crippen LogP contribution is 2.26. The number of aromatic amines is 2. The Morgan fingerprint density at radius 3 is 2.77 bits per heavy atom. The summed E-state index contributed by atoms with van der Waals surface area (Å²) in [6, 6.07) is 9.49. The summed E-state index contributed by atoms with van der Waals surface area (Å²) in [6.07, 6.45) is 1.74. The third-order valence-electron chi connectivity index (χ3n) is 3.58. The predicted octanol–water partition coefficient (Wildman–Crippen LogP) is 1.87. The summed E-state index contributed by atoms with van der Waals surface area (Å²) in [7, 11) is 1.58. The zero-order valence-electron chi connectivity index (χ0n) is 11.6. The van der Waals surface area contributed by atoms with Crippen LogP contribution in [0, 0.1) is 0 Å². The number of fused-ring (bicyclic) bond motifs is 3. The first-order valence-electron chi connectivity index (χ1n) is 6.63. The van der Waals surface area contributed by atoms with Crippen LogP contribution >= 0.6 is 0 Å². The molecule has 0 amide bonds. The molecule has 0 radical (unpaired) electrons. The van der Waals surface area contributed by atoms with E-state index in [1.807, 2.05) is 24.3 Å². The van der Waals surface area contributed by atoms with E-state index in [9.17, 15) is 4.79 Å². The Kier molecular flexibility index (Phi) is 2.65. The van der Waals surface area contributed by atoms with Crippen LogP contribution in [0.25, 0.3) is 33.1 Å². The Morgan fingerprint density at radius 1 is 1.14 bits per heavy atom. The fourth-order valence-corrected chi connectivity index (χ4v) is 2.47. The molecule has 1 aromatic carbocycles. The van der Waals surface area contributed by atoms with E-state index in [0.717, 1.165) is 22.0 Å². The minimum atomic E-state index is -0.255. The zero-order chi connectivity index (χ0) is 15.1. The molecule has 22 heavy (non-hydrogen) atoms. The quantitative estimate of drug-likeness (QED) is 0.588. The molecule has 3 aromatic heterocycles. The van der Waals surface area contributed by atoms with Gasteiger partial charge in [0.1, 0.15) is 5.52 Å². The number of hydrogen-bond donors (Lipinski definition) is 2. The van der Waals surface area contributed by atoms with E-state index in [2.05, 4.69) is 25.4 Å². The number of aromatic nitrogens is 5. The minimum absolute atomic E-state index is 0.255. The van der Waals surface area contributed by atoms with Crippen molar-refractivity contribution in [3.05, 3.63) is 46.9 Å². The molecular formula is C15H11N5O2. The van der Waals surface area contributed by atoms with Gasteiger partial charge in [0.2, 0.25) is 5.88 Å². The number of H-pyrrole nitrogens is 2. The van der Waals surface area contributed by atoms with Crippen molar-refractivity contribution < 1.29 is 4.74 Å². The summed E-state index contributed by atoms with van der Waals surface area (Å²) >= 11 is 0. The number of methoxy groups -OCH3 is 1. The van der Waals surface area contributed by atoms with Crippen LogP contribution in [0.4, 0.5) is 0 Å². The molecule has 2 N–H and O–H groups in total. The summed E-state index contributed by atoms with van der Waals surface area (Å²) < 4.78 is 5.06. The van der Waals surface area contributed by atoms with Crippen molar-refractivity contribution in [3.63, 3.8) is 0 Å². The Hall–Kier alpha value is -3.22. The Bertz CT molecular complexity index is 1030. The third-order valence-corrected chi connectivity index (χ3v) is 3.58. The van der Waals surface area contributed by atoms with Crippen molar-refractivity contribution in [2.75, 3.05) is 7.11 Å². The molecule has 0 atom stereocenters. The maximum absolute atomic E-state index is 11.9. The number of hydrogen-bond acceptors (Lipinski definition) is 5. The smallest absolute Gasteiger partial charge is 0.278 e. The number of nitrogens with one attached hydrogen (secondary N) is 2. The van der Waals surface area contributed by atoms with Crippen LogP contribution in [0.5, 0.6) is 5.88 Å². The van der Waals surface area contributed by atoms with Gasteiger partial charge >= 0.3 is 0 Å². The lowest BCUT2D eigenvalue weighted by molar-refractivity contribution is 0.398. The maximum Gasteiger partial charge on any atom is 0.278 e. The largest absolute Gasteiger partial charge is 0.481 e. The topological polar surface area (TPSA) is 96.5 Å². The van der Waals surface area contributed by atoms with Crippen molar-refractivity contribution in [2.24, 2.45) is 0 Å². The molecule has 0 spiro atoms. The molecule has 0 aliphatic carbocycles. The van der Waals surface area contributed by atoms with Crippen LogP contribution in [-0.4, -0.2) is 32.5 Å². The van der Waals surface area contributed by atoms with Gasteiger partial charge in [-0.3, -0.25) is 9.89 Å². The van der Waals surface area contributed by atoms with Gasteiger partial charge < -0.3 is 9.72 Å². The molecule has 0 unspecified atom stereocenters. The molecule has 4 rings (SSSR count). The average Bonchev–Trinajstić information content (AvgIpc) is 3.05. The second-order valence-corrected chi connectivity index (χ2v) is 4.84. The van der Waals surface area contributed by atoms with E-state index >= 15 is 0 Å². The summed E-state index contributed by atoms with van der Waals surface area (Å²) in [5.41, 5.74) is 3.34. The van der Waals surface area contributed by atoms with Crippen LogP contribution in [-0.2, 0) is 0 Å². The second kappa shape index (κ2) is 4.66. The van der Waals surface area contributed by atoms with Gasteiger partial charge in [0, 0.05) is 23.2 Å². The Balaban J connectivity index is 1.96. The first kappa shape index (κ1) is 12.5. The van der Waals surface area contributed by atoms with E-state index in [1.165, 1.54) is 0 Å². The molecule has 0 aliphatic heterocycles. The van der Waals surface area contributed by atoms with Crippen molar-refractivity contribution in [3.8, 4) is 17.0 Å². The fraction of sp³-hybridized carbons (Fsp3) is 0.0667. The molecular weight excluding hydrogens is 282 g/mol. The number of nitrogens with zero attached hydrogens (tertiary/aromatic N) is 3. The Morgan fingerprint density at radius 2 is 2.00 bits per heavy atom. The average molecular weight is 293 g/mol. The molecule has 0 aliphatic rings. The monoisotopic (exact) mass is 293 g/mol. The maximum atomic E-state index is 11.9. The zero-order valence-corrected chi connectivity index (χ0v) is 11.6.